The number of aryl methyl sites for hydroxylation is 1. The van der Waals surface area contributed by atoms with Gasteiger partial charge in [-0.2, -0.15) is 4.31 Å². The molecule has 114 valence electrons. The quantitative estimate of drug-likeness (QED) is 0.849. The summed E-state index contributed by atoms with van der Waals surface area (Å²) in [5, 5.41) is 0. The lowest BCUT2D eigenvalue weighted by atomic mass is 10.1. The molecule has 1 heterocycles. The fourth-order valence-corrected chi connectivity index (χ4v) is 4.97. The van der Waals surface area contributed by atoms with Gasteiger partial charge in [0.25, 0.3) is 10.0 Å². The van der Waals surface area contributed by atoms with Crippen LogP contribution in [0.2, 0.25) is 0 Å². The highest BCUT2D eigenvalue weighted by Gasteiger charge is 2.24. The average molecular weight is 324 g/mol. The van der Waals surface area contributed by atoms with Gasteiger partial charge in [-0.25, -0.2) is 8.42 Å². The van der Waals surface area contributed by atoms with Gasteiger partial charge in [-0.1, -0.05) is 30.3 Å². The lowest BCUT2D eigenvalue weighted by molar-refractivity contribution is 0.423. The number of sulfonamides is 1. The monoisotopic (exact) mass is 324 g/mol. The van der Waals surface area contributed by atoms with Crippen LogP contribution in [-0.2, 0) is 16.4 Å². The maximum atomic E-state index is 12.6. The Kier molecular flexibility index (Phi) is 5.52. The van der Waals surface area contributed by atoms with Gasteiger partial charge in [0.1, 0.15) is 4.21 Å². The molecular weight excluding hydrogens is 304 g/mol. The molecule has 0 spiro atoms. The summed E-state index contributed by atoms with van der Waals surface area (Å²) in [6.45, 7) is 3.01. The Morgan fingerprint density at radius 3 is 2.38 bits per heavy atom. The van der Waals surface area contributed by atoms with Crippen molar-refractivity contribution in [2.45, 2.75) is 17.6 Å². The summed E-state index contributed by atoms with van der Waals surface area (Å²) in [6.07, 6.45) is 0.685. The molecule has 0 bridgehead atoms. The van der Waals surface area contributed by atoms with Crippen LogP contribution in [-0.4, -0.2) is 32.4 Å². The van der Waals surface area contributed by atoms with Crippen LogP contribution in [0.1, 0.15) is 10.4 Å². The molecule has 2 rings (SSSR count). The third-order valence-corrected chi connectivity index (χ3v) is 6.55. The second kappa shape index (κ2) is 7.17. The minimum Gasteiger partial charge on any atom is -0.329 e. The Labute approximate surface area is 130 Å². The van der Waals surface area contributed by atoms with Crippen LogP contribution in [0.5, 0.6) is 0 Å². The molecule has 2 aromatic rings. The first-order valence-electron chi connectivity index (χ1n) is 6.84. The van der Waals surface area contributed by atoms with E-state index in [1.54, 1.807) is 6.07 Å². The molecule has 0 aliphatic heterocycles. The number of thiophene rings is 1. The summed E-state index contributed by atoms with van der Waals surface area (Å²) >= 11 is 1.30. The number of rotatable bonds is 7. The standard InChI is InChI=1S/C15H20N2O2S2/c1-13-7-8-15(20-13)21(18,19)17(12-10-16)11-9-14-5-3-2-4-6-14/h2-8H,9-12,16H2,1H3. The van der Waals surface area contributed by atoms with Crippen molar-refractivity contribution in [3.05, 3.63) is 52.9 Å². The fourth-order valence-electron chi connectivity index (χ4n) is 2.07. The predicted molar refractivity (Wildman–Crippen MR) is 87.0 cm³/mol. The molecule has 0 saturated carbocycles. The average Bonchev–Trinajstić information content (AvgIpc) is 2.92. The van der Waals surface area contributed by atoms with Gasteiger partial charge in [-0.05, 0) is 31.0 Å². The van der Waals surface area contributed by atoms with Crippen molar-refractivity contribution >= 4 is 21.4 Å². The van der Waals surface area contributed by atoms with Crippen molar-refractivity contribution in [3.63, 3.8) is 0 Å². The fraction of sp³-hybridized carbons (Fsp3) is 0.333. The van der Waals surface area contributed by atoms with Crippen LogP contribution < -0.4 is 5.73 Å². The molecule has 0 amide bonds. The second-order valence-electron chi connectivity index (χ2n) is 4.79. The van der Waals surface area contributed by atoms with Gasteiger partial charge < -0.3 is 5.73 Å². The highest BCUT2D eigenvalue weighted by atomic mass is 32.2. The van der Waals surface area contributed by atoms with E-state index in [9.17, 15) is 8.42 Å². The molecule has 0 aliphatic rings. The molecular formula is C15H20N2O2S2. The van der Waals surface area contributed by atoms with E-state index in [4.69, 9.17) is 5.73 Å². The molecule has 4 nitrogen and oxygen atoms in total. The number of nitrogens with two attached hydrogens (primary N) is 1. The number of hydrogen-bond donors (Lipinski definition) is 1. The third-order valence-electron chi connectivity index (χ3n) is 3.18. The smallest absolute Gasteiger partial charge is 0.252 e. The van der Waals surface area contributed by atoms with Gasteiger partial charge in [0.05, 0.1) is 0 Å². The minimum atomic E-state index is -3.44. The second-order valence-corrected chi connectivity index (χ2v) is 8.25. The molecule has 1 aromatic heterocycles. The normalized spacial score (nSPS) is 12.0. The topological polar surface area (TPSA) is 63.4 Å². The Morgan fingerprint density at radius 2 is 1.81 bits per heavy atom. The summed E-state index contributed by atoms with van der Waals surface area (Å²) in [5.74, 6) is 0. The summed E-state index contributed by atoms with van der Waals surface area (Å²) in [5.41, 5.74) is 6.70. The van der Waals surface area contributed by atoms with E-state index in [1.165, 1.54) is 15.6 Å². The van der Waals surface area contributed by atoms with Crippen molar-refractivity contribution in [2.75, 3.05) is 19.6 Å². The molecule has 6 heteroatoms. The van der Waals surface area contributed by atoms with Crippen molar-refractivity contribution < 1.29 is 8.42 Å². The SMILES string of the molecule is Cc1ccc(S(=O)(=O)N(CCN)CCc2ccccc2)s1. The highest BCUT2D eigenvalue weighted by Crippen LogP contribution is 2.24. The van der Waals surface area contributed by atoms with E-state index >= 15 is 0 Å². The van der Waals surface area contributed by atoms with Crippen molar-refractivity contribution in [1.82, 2.24) is 4.31 Å². The summed E-state index contributed by atoms with van der Waals surface area (Å²) in [4.78, 5) is 0.990. The van der Waals surface area contributed by atoms with Gasteiger partial charge in [0.2, 0.25) is 0 Å². The minimum absolute atomic E-state index is 0.318. The molecule has 2 N–H and O–H groups in total. The van der Waals surface area contributed by atoms with Crippen LogP contribution in [0, 0.1) is 6.92 Å². The first-order valence-corrected chi connectivity index (χ1v) is 9.10. The Hall–Kier alpha value is -1.21. The van der Waals surface area contributed by atoms with E-state index in [2.05, 4.69) is 0 Å². The number of benzene rings is 1. The molecule has 21 heavy (non-hydrogen) atoms. The zero-order valence-corrected chi connectivity index (χ0v) is 13.7. The van der Waals surface area contributed by atoms with Crippen molar-refractivity contribution in [1.29, 1.82) is 0 Å². The molecule has 0 saturated heterocycles. The maximum Gasteiger partial charge on any atom is 0.252 e. The van der Waals surface area contributed by atoms with Crippen LogP contribution in [0.3, 0.4) is 0 Å². The van der Waals surface area contributed by atoms with E-state index in [0.29, 0.717) is 30.3 Å². The highest BCUT2D eigenvalue weighted by molar-refractivity contribution is 7.91. The number of hydrogen-bond acceptors (Lipinski definition) is 4. The predicted octanol–water partition coefficient (Wildman–Crippen LogP) is 2.25. The summed E-state index contributed by atoms with van der Waals surface area (Å²) < 4.78 is 27.1. The third kappa shape index (κ3) is 4.14. The van der Waals surface area contributed by atoms with E-state index in [0.717, 1.165) is 10.4 Å². The summed E-state index contributed by atoms with van der Waals surface area (Å²) in [6, 6.07) is 13.4. The molecule has 1 aromatic carbocycles. The van der Waals surface area contributed by atoms with Crippen LogP contribution in [0.15, 0.2) is 46.7 Å². The van der Waals surface area contributed by atoms with Crippen LogP contribution >= 0.6 is 11.3 Å². The first kappa shape index (κ1) is 16.2. The van der Waals surface area contributed by atoms with E-state index in [1.807, 2.05) is 43.3 Å². The van der Waals surface area contributed by atoms with Crippen LogP contribution in [0.25, 0.3) is 0 Å². The van der Waals surface area contributed by atoms with Gasteiger partial charge in [0.15, 0.2) is 0 Å². The van der Waals surface area contributed by atoms with Gasteiger partial charge in [-0.15, -0.1) is 11.3 Å². The number of nitrogens with zero attached hydrogens (tertiary/aromatic N) is 1. The Balaban J connectivity index is 2.14. The van der Waals surface area contributed by atoms with E-state index in [-0.39, 0.29) is 0 Å². The van der Waals surface area contributed by atoms with Crippen molar-refractivity contribution in [3.8, 4) is 0 Å². The van der Waals surface area contributed by atoms with Crippen LogP contribution in [0.4, 0.5) is 0 Å². The zero-order chi connectivity index (χ0) is 15.3. The van der Waals surface area contributed by atoms with Gasteiger partial charge >= 0.3 is 0 Å². The molecule has 0 atom stereocenters. The molecule has 0 unspecified atom stereocenters. The zero-order valence-electron chi connectivity index (χ0n) is 12.0. The molecule has 0 aliphatic carbocycles. The van der Waals surface area contributed by atoms with E-state index < -0.39 is 10.0 Å². The lowest BCUT2D eigenvalue weighted by Crippen LogP contribution is -2.36. The Morgan fingerprint density at radius 1 is 1.10 bits per heavy atom. The van der Waals surface area contributed by atoms with Crippen molar-refractivity contribution in [2.24, 2.45) is 5.73 Å². The summed E-state index contributed by atoms with van der Waals surface area (Å²) in [7, 11) is -3.44. The van der Waals surface area contributed by atoms with Gasteiger partial charge in [0, 0.05) is 24.5 Å². The molecule has 0 radical (unpaired) electrons. The van der Waals surface area contributed by atoms with Gasteiger partial charge in [-0.3, -0.25) is 0 Å². The first-order chi connectivity index (χ1) is 10.0. The lowest BCUT2D eigenvalue weighted by Gasteiger charge is -2.20. The maximum absolute atomic E-state index is 12.6. The largest absolute Gasteiger partial charge is 0.329 e. The molecule has 0 fully saturated rings. The Bertz CT molecular complexity index is 666.